The van der Waals surface area contributed by atoms with Crippen LogP contribution in [0, 0.1) is 40.4 Å². The molecule has 3 fully saturated rings. The van der Waals surface area contributed by atoms with Crippen molar-refractivity contribution < 1.29 is 28.6 Å². The van der Waals surface area contributed by atoms with Gasteiger partial charge in [0.2, 0.25) is 0 Å². The Kier molecular flexibility index (Phi) is 6.93. The summed E-state index contributed by atoms with van der Waals surface area (Å²) < 4.78 is 20.8. The van der Waals surface area contributed by atoms with Crippen molar-refractivity contribution in [2.75, 3.05) is 6.61 Å². The van der Waals surface area contributed by atoms with Crippen molar-refractivity contribution in [1.29, 1.82) is 0 Å². The van der Waals surface area contributed by atoms with E-state index in [1.54, 1.807) is 6.08 Å². The summed E-state index contributed by atoms with van der Waals surface area (Å²) in [5.41, 5.74) is -0.689. The summed E-state index contributed by atoms with van der Waals surface area (Å²) in [6, 6.07) is 0. The van der Waals surface area contributed by atoms with Crippen LogP contribution in [0.1, 0.15) is 72.6 Å². The number of fused-ring (bicyclic) bond motifs is 5. The molecule has 0 aromatic heterocycles. The highest BCUT2D eigenvalue weighted by Gasteiger charge is 2.65. The molecule has 4 aliphatic rings. The maximum atomic E-state index is 15.4. The van der Waals surface area contributed by atoms with Crippen molar-refractivity contribution in [3.63, 3.8) is 0 Å². The first-order chi connectivity index (χ1) is 16.0. The number of rotatable bonds is 7. The molecule has 0 aliphatic heterocycles. The number of carbonyl (C=O) groups excluding carboxylic acids is 3. The summed E-state index contributed by atoms with van der Waals surface area (Å²) in [5.74, 6) is -1.07. The molecule has 3 saturated carbocycles. The molecule has 34 heavy (non-hydrogen) atoms. The Balaban J connectivity index is 1.54. The molecule has 0 unspecified atom stereocenters. The third kappa shape index (κ3) is 4.10. The van der Waals surface area contributed by atoms with Crippen molar-refractivity contribution >= 4 is 17.5 Å². The van der Waals surface area contributed by atoms with Crippen LogP contribution in [0.25, 0.3) is 0 Å². The van der Waals surface area contributed by atoms with Crippen LogP contribution < -0.4 is 0 Å². The standard InChI is InChI=1S/C28H39FO5/c1-5-6-7-8-24(33)34-15-23(32)25-16(2)11-19-18-13-21(29)20-12-17(30)9-10-27(20,3)26(18)22(31)14-28(19,25)4/h9-10,12,16,18-19,21-22,25-26,31H,5-8,11,13-15H2,1-4H3/t16-,18+,19-,21+,22-,25-,26+,27+,28+/m1/s1. The van der Waals surface area contributed by atoms with Crippen molar-refractivity contribution in [1.82, 2.24) is 0 Å². The van der Waals surface area contributed by atoms with E-state index in [2.05, 4.69) is 20.8 Å². The number of ketones is 2. The van der Waals surface area contributed by atoms with Crippen LogP contribution in [0.5, 0.6) is 0 Å². The number of allylic oxidation sites excluding steroid dienone is 4. The third-order valence-electron chi connectivity index (χ3n) is 9.52. The Hall–Kier alpha value is -1.82. The lowest BCUT2D eigenvalue weighted by atomic mass is 9.46. The zero-order valence-electron chi connectivity index (χ0n) is 20.9. The largest absolute Gasteiger partial charge is 0.458 e. The maximum absolute atomic E-state index is 15.4. The first-order valence-corrected chi connectivity index (χ1v) is 13.0. The second-order valence-electron chi connectivity index (χ2n) is 11.7. The van der Waals surface area contributed by atoms with Gasteiger partial charge in [-0.25, -0.2) is 4.39 Å². The van der Waals surface area contributed by atoms with Crippen LogP contribution in [0.15, 0.2) is 23.8 Å². The second-order valence-corrected chi connectivity index (χ2v) is 11.7. The number of alkyl halides is 1. The molecule has 188 valence electrons. The molecule has 0 aromatic rings. The minimum atomic E-state index is -1.23. The van der Waals surface area contributed by atoms with Crippen LogP contribution >= 0.6 is 0 Å². The Labute approximate surface area is 202 Å². The molecule has 0 radical (unpaired) electrons. The summed E-state index contributed by atoms with van der Waals surface area (Å²) in [6.07, 6.45) is 7.33. The minimum Gasteiger partial charge on any atom is -0.458 e. The van der Waals surface area contributed by atoms with Gasteiger partial charge in [-0.1, -0.05) is 46.6 Å². The predicted molar refractivity (Wildman–Crippen MR) is 126 cm³/mol. The fourth-order valence-electron chi connectivity index (χ4n) is 8.22. The van der Waals surface area contributed by atoms with E-state index < -0.39 is 23.1 Å². The van der Waals surface area contributed by atoms with E-state index in [1.165, 1.54) is 12.2 Å². The van der Waals surface area contributed by atoms with E-state index in [1.807, 2.05) is 6.92 Å². The number of halogens is 1. The Morgan fingerprint density at radius 1 is 1.24 bits per heavy atom. The smallest absolute Gasteiger partial charge is 0.306 e. The molecule has 0 spiro atoms. The molecule has 0 bridgehead atoms. The average molecular weight is 475 g/mol. The Morgan fingerprint density at radius 2 is 1.97 bits per heavy atom. The highest BCUT2D eigenvalue weighted by Crippen LogP contribution is 2.67. The molecule has 6 heteroatoms. The zero-order chi connectivity index (χ0) is 24.8. The molecule has 0 aromatic carbocycles. The molecule has 9 atom stereocenters. The lowest BCUT2D eigenvalue weighted by Gasteiger charge is -2.59. The summed E-state index contributed by atoms with van der Waals surface area (Å²) in [5, 5.41) is 11.4. The van der Waals surface area contributed by atoms with Crippen molar-refractivity contribution in [2.45, 2.75) is 84.9 Å². The maximum Gasteiger partial charge on any atom is 0.306 e. The van der Waals surface area contributed by atoms with Gasteiger partial charge in [0.05, 0.1) is 6.10 Å². The monoisotopic (exact) mass is 474 g/mol. The van der Waals surface area contributed by atoms with Crippen molar-refractivity contribution in [3.8, 4) is 0 Å². The first kappa shape index (κ1) is 25.3. The number of carbonyl (C=O) groups is 3. The van der Waals surface area contributed by atoms with Gasteiger partial charge in [0.15, 0.2) is 11.6 Å². The normalized spacial score (nSPS) is 42.9. The summed E-state index contributed by atoms with van der Waals surface area (Å²) in [6.45, 7) is 7.89. The van der Waals surface area contributed by atoms with Gasteiger partial charge in [0.1, 0.15) is 12.8 Å². The van der Waals surface area contributed by atoms with Crippen molar-refractivity contribution in [3.05, 3.63) is 23.8 Å². The van der Waals surface area contributed by atoms with E-state index in [0.29, 0.717) is 18.4 Å². The quantitative estimate of drug-likeness (QED) is 0.425. The fourth-order valence-corrected chi connectivity index (χ4v) is 8.22. The molecule has 0 amide bonds. The molecule has 4 rings (SSSR count). The van der Waals surface area contributed by atoms with Gasteiger partial charge >= 0.3 is 5.97 Å². The lowest BCUT2D eigenvalue weighted by molar-refractivity contribution is -0.155. The van der Waals surface area contributed by atoms with Crippen molar-refractivity contribution in [2.24, 2.45) is 40.4 Å². The van der Waals surface area contributed by atoms with Gasteiger partial charge in [-0.3, -0.25) is 14.4 Å². The van der Waals surface area contributed by atoms with Gasteiger partial charge in [0.25, 0.3) is 0 Å². The second kappa shape index (κ2) is 9.33. The van der Waals surface area contributed by atoms with Gasteiger partial charge in [-0.2, -0.15) is 0 Å². The third-order valence-corrected chi connectivity index (χ3v) is 9.52. The SMILES string of the molecule is CCCCCC(=O)OCC(=O)[C@H]1[C@H](C)C[C@@H]2[C@@H]3C[C@H](F)C4=CC(=O)C=C[C@]4(C)[C@@H]3[C@H](O)C[C@@]21C. The number of hydrogen-bond donors (Lipinski definition) is 1. The highest BCUT2D eigenvalue weighted by atomic mass is 19.1. The van der Waals surface area contributed by atoms with Crippen LogP contribution in [-0.2, 0) is 19.1 Å². The number of aliphatic hydroxyl groups is 1. The molecular weight excluding hydrogens is 435 g/mol. The molecule has 4 aliphatic carbocycles. The van der Waals surface area contributed by atoms with Gasteiger partial charge in [-0.15, -0.1) is 0 Å². The number of hydrogen-bond acceptors (Lipinski definition) is 5. The Bertz CT molecular complexity index is 908. The number of Topliss-reactive ketones (excluding diaryl/α,β-unsaturated/α-hetero) is 1. The van der Waals surface area contributed by atoms with Gasteiger partial charge in [0, 0.05) is 23.7 Å². The highest BCUT2D eigenvalue weighted by molar-refractivity contribution is 6.01. The van der Waals surface area contributed by atoms with E-state index >= 15 is 4.39 Å². The lowest BCUT2D eigenvalue weighted by Crippen LogP contribution is -2.58. The summed E-state index contributed by atoms with van der Waals surface area (Å²) >= 11 is 0. The number of unbranched alkanes of at least 4 members (excludes halogenated alkanes) is 2. The Morgan fingerprint density at radius 3 is 2.68 bits per heavy atom. The van der Waals surface area contributed by atoms with Gasteiger partial charge in [-0.05, 0) is 66.6 Å². The molecule has 0 saturated heterocycles. The van der Waals surface area contributed by atoms with E-state index in [-0.39, 0.29) is 60.2 Å². The van der Waals surface area contributed by atoms with E-state index in [9.17, 15) is 19.5 Å². The van der Waals surface area contributed by atoms with E-state index in [0.717, 1.165) is 25.7 Å². The summed E-state index contributed by atoms with van der Waals surface area (Å²) in [4.78, 5) is 37.3. The van der Waals surface area contributed by atoms with E-state index in [4.69, 9.17) is 4.74 Å². The fraction of sp³-hybridized carbons (Fsp3) is 0.750. The number of ether oxygens (including phenoxy) is 1. The molecule has 1 N–H and O–H groups in total. The molecular formula is C28H39FO5. The number of aliphatic hydroxyl groups excluding tert-OH is 1. The first-order valence-electron chi connectivity index (χ1n) is 13.0. The average Bonchev–Trinajstić information content (AvgIpc) is 3.03. The zero-order valence-corrected chi connectivity index (χ0v) is 20.9. The number of esters is 1. The molecule has 5 nitrogen and oxygen atoms in total. The summed E-state index contributed by atoms with van der Waals surface area (Å²) in [7, 11) is 0. The molecule has 0 heterocycles. The minimum absolute atomic E-state index is 0.0681. The topological polar surface area (TPSA) is 80.7 Å². The van der Waals surface area contributed by atoms with Crippen LogP contribution in [0.3, 0.4) is 0 Å². The van der Waals surface area contributed by atoms with Gasteiger partial charge < -0.3 is 9.84 Å². The van der Waals surface area contributed by atoms with Crippen LogP contribution in [-0.4, -0.2) is 41.5 Å². The predicted octanol–water partition coefficient (Wildman–Crippen LogP) is 4.77. The van der Waals surface area contributed by atoms with Crippen LogP contribution in [0.2, 0.25) is 0 Å². The van der Waals surface area contributed by atoms with Crippen LogP contribution in [0.4, 0.5) is 4.39 Å².